The average molecular weight is 289 g/mol. The first kappa shape index (κ1) is 15.5. The Morgan fingerprint density at radius 1 is 1.33 bits per heavy atom. The maximum absolute atomic E-state index is 12.7. The second kappa shape index (κ2) is 6.72. The maximum Gasteiger partial charge on any atom is 0.253 e. The van der Waals surface area contributed by atoms with Crippen LogP contribution in [0.25, 0.3) is 0 Å². The first-order valence-electron chi connectivity index (χ1n) is 7.46. The van der Waals surface area contributed by atoms with Gasteiger partial charge < -0.3 is 16.0 Å². The van der Waals surface area contributed by atoms with Gasteiger partial charge in [-0.15, -0.1) is 0 Å². The Morgan fingerprint density at radius 3 is 2.71 bits per heavy atom. The molecule has 0 saturated carbocycles. The van der Waals surface area contributed by atoms with Gasteiger partial charge in [-0.3, -0.25) is 9.59 Å². The molecule has 1 aromatic rings. The van der Waals surface area contributed by atoms with Crippen molar-refractivity contribution < 1.29 is 9.59 Å². The summed E-state index contributed by atoms with van der Waals surface area (Å²) in [5, 5.41) is 8.82. The lowest BCUT2D eigenvalue weighted by Crippen LogP contribution is -2.38. The second-order valence-electron chi connectivity index (χ2n) is 5.54. The highest BCUT2D eigenvalue weighted by Gasteiger charge is 2.40. The lowest BCUT2D eigenvalue weighted by atomic mass is 9.81. The average Bonchev–Trinajstić information content (AvgIpc) is 2.97. The van der Waals surface area contributed by atoms with E-state index in [2.05, 4.69) is 22.9 Å². The SMILES string of the molecule is CCCC1(C(=O)Nc2ccccc2C(=O)NC)CCNC1. The van der Waals surface area contributed by atoms with Crippen LogP contribution in [0.5, 0.6) is 0 Å². The molecule has 5 heteroatoms. The molecule has 0 aromatic heterocycles. The van der Waals surface area contributed by atoms with Crippen LogP contribution in [0.2, 0.25) is 0 Å². The smallest absolute Gasteiger partial charge is 0.253 e. The molecular weight excluding hydrogens is 266 g/mol. The monoisotopic (exact) mass is 289 g/mol. The highest BCUT2D eigenvalue weighted by atomic mass is 16.2. The van der Waals surface area contributed by atoms with E-state index in [1.165, 1.54) is 0 Å². The van der Waals surface area contributed by atoms with Gasteiger partial charge in [0.05, 0.1) is 16.7 Å². The number of carbonyl (C=O) groups excluding carboxylic acids is 2. The van der Waals surface area contributed by atoms with Gasteiger partial charge in [-0.1, -0.05) is 25.5 Å². The largest absolute Gasteiger partial charge is 0.355 e. The van der Waals surface area contributed by atoms with Crippen LogP contribution in [0.1, 0.15) is 36.5 Å². The molecule has 1 unspecified atom stereocenters. The van der Waals surface area contributed by atoms with Crippen LogP contribution in [0.4, 0.5) is 5.69 Å². The van der Waals surface area contributed by atoms with Gasteiger partial charge in [0.25, 0.3) is 5.91 Å². The molecule has 1 aliphatic heterocycles. The molecule has 1 atom stereocenters. The van der Waals surface area contributed by atoms with Gasteiger partial charge in [0.1, 0.15) is 0 Å². The zero-order chi connectivity index (χ0) is 15.3. The summed E-state index contributed by atoms with van der Waals surface area (Å²) in [5.74, 6) is -0.189. The molecule has 0 bridgehead atoms. The molecular formula is C16H23N3O2. The standard InChI is InChI=1S/C16H23N3O2/c1-3-8-16(9-10-18-11-16)15(21)19-13-7-5-4-6-12(13)14(20)17-2/h4-7,18H,3,8-11H2,1-2H3,(H,17,20)(H,19,21). The predicted molar refractivity (Wildman–Crippen MR) is 83.3 cm³/mol. The molecule has 1 heterocycles. The normalized spacial score (nSPS) is 21.0. The Labute approximate surface area is 125 Å². The van der Waals surface area contributed by atoms with Gasteiger partial charge in [0.2, 0.25) is 5.91 Å². The number of amides is 2. The molecule has 3 N–H and O–H groups in total. The van der Waals surface area contributed by atoms with E-state index in [9.17, 15) is 9.59 Å². The minimum Gasteiger partial charge on any atom is -0.355 e. The van der Waals surface area contributed by atoms with Crippen molar-refractivity contribution in [1.82, 2.24) is 10.6 Å². The maximum atomic E-state index is 12.7. The molecule has 21 heavy (non-hydrogen) atoms. The number of hydrogen-bond donors (Lipinski definition) is 3. The molecule has 1 fully saturated rings. The molecule has 2 rings (SSSR count). The molecule has 0 spiro atoms. The van der Waals surface area contributed by atoms with Gasteiger partial charge in [-0.2, -0.15) is 0 Å². The Morgan fingerprint density at radius 2 is 2.10 bits per heavy atom. The molecule has 1 aromatic carbocycles. The van der Waals surface area contributed by atoms with E-state index in [4.69, 9.17) is 0 Å². The number of benzene rings is 1. The Bertz CT molecular complexity index is 522. The van der Waals surface area contributed by atoms with Crippen molar-refractivity contribution in [2.24, 2.45) is 5.41 Å². The fourth-order valence-electron chi connectivity index (χ4n) is 2.92. The van der Waals surface area contributed by atoms with E-state index in [0.29, 0.717) is 17.8 Å². The second-order valence-corrected chi connectivity index (χ2v) is 5.54. The minimum absolute atomic E-state index is 0.00528. The summed E-state index contributed by atoms with van der Waals surface area (Å²) in [6.45, 7) is 3.66. The summed E-state index contributed by atoms with van der Waals surface area (Å²) in [7, 11) is 1.58. The molecule has 5 nitrogen and oxygen atoms in total. The van der Waals surface area contributed by atoms with Crippen LogP contribution >= 0.6 is 0 Å². The van der Waals surface area contributed by atoms with Crippen molar-refractivity contribution in [3.63, 3.8) is 0 Å². The third kappa shape index (κ3) is 3.24. The van der Waals surface area contributed by atoms with Crippen molar-refractivity contribution in [1.29, 1.82) is 0 Å². The third-order valence-corrected chi connectivity index (χ3v) is 4.10. The van der Waals surface area contributed by atoms with Crippen LogP contribution in [0.3, 0.4) is 0 Å². The van der Waals surface area contributed by atoms with E-state index in [0.717, 1.165) is 25.8 Å². The number of anilines is 1. The van der Waals surface area contributed by atoms with Crippen LogP contribution < -0.4 is 16.0 Å². The highest BCUT2D eigenvalue weighted by molar-refractivity contribution is 6.05. The van der Waals surface area contributed by atoms with Gasteiger partial charge >= 0.3 is 0 Å². The van der Waals surface area contributed by atoms with Crippen LogP contribution in [0.15, 0.2) is 24.3 Å². The van der Waals surface area contributed by atoms with Crippen LogP contribution in [-0.2, 0) is 4.79 Å². The van der Waals surface area contributed by atoms with Gasteiger partial charge in [-0.25, -0.2) is 0 Å². The first-order chi connectivity index (χ1) is 10.1. The predicted octanol–water partition coefficient (Wildman–Crippen LogP) is 1.76. The molecule has 2 amide bonds. The zero-order valence-corrected chi connectivity index (χ0v) is 12.7. The minimum atomic E-state index is -0.357. The lowest BCUT2D eigenvalue weighted by Gasteiger charge is -2.27. The number of rotatable bonds is 5. The van der Waals surface area contributed by atoms with E-state index < -0.39 is 0 Å². The van der Waals surface area contributed by atoms with Crippen molar-refractivity contribution in [3.8, 4) is 0 Å². The molecule has 0 aliphatic carbocycles. The van der Waals surface area contributed by atoms with E-state index >= 15 is 0 Å². The first-order valence-corrected chi connectivity index (χ1v) is 7.46. The van der Waals surface area contributed by atoms with Gasteiger partial charge in [-0.05, 0) is 31.5 Å². The third-order valence-electron chi connectivity index (χ3n) is 4.10. The van der Waals surface area contributed by atoms with E-state index in [-0.39, 0.29) is 17.2 Å². The Balaban J connectivity index is 2.21. The summed E-state index contributed by atoms with van der Waals surface area (Å²) in [5.41, 5.74) is 0.708. The van der Waals surface area contributed by atoms with Crippen molar-refractivity contribution >= 4 is 17.5 Å². The molecule has 114 valence electrons. The molecule has 1 aliphatic rings. The summed E-state index contributed by atoms with van der Waals surface area (Å²) < 4.78 is 0. The highest BCUT2D eigenvalue weighted by Crippen LogP contribution is 2.33. The number of nitrogens with one attached hydrogen (secondary N) is 3. The summed E-state index contributed by atoms with van der Waals surface area (Å²) in [4.78, 5) is 24.6. The van der Waals surface area contributed by atoms with E-state index in [1.807, 2.05) is 6.07 Å². The van der Waals surface area contributed by atoms with Crippen molar-refractivity contribution in [3.05, 3.63) is 29.8 Å². The fraction of sp³-hybridized carbons (Fsp3) is 0.500. The fourth-order valence-corrected chi connectivity index (χ4v) is 2.92. The van der Waals surface area contributed by atoms with Crippen molar-refractivity contribution in [2.45, 2.75) is 26.2 Å². The summed E-state index contributed by atoms with van der Waals surface area (Å²) >= 11 is 0. The van der Waals surface area contributed by atoms with Gasteiger partial charge in [0.15, 0.2) is 0 Å². The van der Waals surface area contributed by atoms with Crippen LogP contribution in [-0.4, -0.2) is 32.0 Å². The summed E-state index contributed by atoms with van der Waals surface area (Å²) in [6, 6.07) is 7.10. The van der Waals surface area contributed by atoms with E-state index in [1.54, 1.807) is 25.2 Å². The topological polar surface area (TPSA) is 70.2 Å². The number of para-hydroxylation sites is 1. The molecule has 0 radical (unpaired) electrons. The Kier molecular flexibility index (Phi) is 4.96. The lowest BCUT2D eigenvalue weighted by molar-refractivity contribution is -0.125. The number of hydrogen-bond acceptors (Lipinski definition) is 3. The Hall–Kier alpha value is -1.88. The summed E-state index contributed by atoms with van der Waals surface area (Å²) in [6.07, 6.45) is 2.66. The number of carbonyl (C=O) groups is 2. The zero-order valence-electron chi connectivity index (χ0n) is 12.7. The molecule has 1 saturated heterocycles. The van der Waals surface area contributed by atoms with Crippen molar-refractivity contribution in [2.75, 3.05) is 25.5 Å². The van der Waals surface area contributed by atoms with Gasteiger partial charge in [0, 0.05) is 13.6 Å². The van der Waals surface area contributed by atoms with Crippen LogP contribution in [0, 0.1) is 5.41 Å². The quantitative estimate of drug-likeness (QED) is 0.773.